The predicted molar refractivity (Wildman–Crippen MR) is 111 cm³/mol. The molecule has 0 aliphatic heterocycles. The molecule has 0 radical (unpaired) electrons. The predicted octanol–water partition coefficient (Wildman–Crippen LogP) is 3.61. The van der Waals surface area contributed by atoms with Gasteiger partial charge >= 0.3 is 0 Å². The lowest BCUT2D eigenvalue weighted by atomic mass is 10.2. The maximum Gasteiger partial charge on any atom is 0.265 e. The molecule has 0 saturated heterocycles. The summed E-state index contributed by atoms with van der Waals surface area (Å²) in [4.78, 5) is 12.4. The molecule has 1 amide bonds. The van der Waals surface area contributed by atoms with Crippen LogP contribution in [0.2, 0.25) is 10.0 Å². The molecule has 10 heteroatoms. The Balaban J connectivity index is 2.47. The minimum atomic E-state index is -4.31. The number of rotatable bonds is 9. The fraction of sp³-hybridized carbons (Fsp3) is 0.316. The zero-order valence-electron chi connectivity index (χ0n) is 15.6. The standard InChI is InChI=1S/C19H21Cl2FN2O4S/c1-13(19(26)23-10-2-3-11-25)24(18-12-15(21)6-9-17(18)22)29(27,28)16-7-4-14(20)5-8-16/h4-9,12-13,25H,2-3,10-11H2,1H3,(H,23,26)/t13-/m1/s1. The zero-order chi connectivity index (χ0) is 21.6. The number of hydrogen-bond acceptors (Lipinski definition) is 4. The van der Waals surface area contributed by atoms with Gasteiger partial charge in [-0.2, -0.15) is 0 Å². The minimum absolute atomic E-state index is 0.0176. The van der Waals surface area contributed by atoms with Crippen LogP contribution in [-0.2, 0) is 14.8 Å². The second-order valence-electron chi connectivity index (χ2n) is 6.25. The van der Waals surface area contributed by atoms with E-state index in [0.717, 1.165) is 12.1 Å². The van der Waals surface area contributed by atoms with Crippen molar-refractivity contribution in [1.82, 2.24) is 5.32 Å². The number of aliphatic hydroxyl groups is 1. The van der Waals surface area contributed by atoms with E-state index in [4.69, 9.17) is 28.3 Å². The van der Waals surface area contributed by atoms with Crippen LogP contribution in [0, 0.1) is 5.82 Å². The Kier molecular flexibility index (Phi) is 8.27. The quantitative estimate of drug-likeness (QED) is 0.557. The first-order valence-electron chi connectivity index (χ1n) is 8.82. The van der Waals surface area contributed by atoms with E-state index in [1.165, 1.54) is 37.3 Å². The Morgan fingerprint density at radius 3 is 2.38 bits per heavy atom. The van der Waals surface area contributed by atoms with Crippen molar-refractivity contribution in [2.24, 2.45) is 0 Å². The van der Waals surface area contributed by atoms with Crippen molar-refractivity contribution in [3.63, 3.8) is 0 Å². The molecule has 2 aromatic rings. The van der Waals surface area contributed by atoms with E-state index in [1.807, 2.05) is 0 Å². The number of hydrogen-bond donors (Lipinski definition) is 2. The topological polar surface area (TPSA) is 86.7 Å². The van der Waals surface area contributed by atoms with Gasteiger partial charge in [0, 0.05) is 23.2 Å². The Morgan fingerprint density at radius 2 is 1.76 bits per heavy atom. The van der Waals surface area contributed by atoms with Crippen LogP contribution in [-0.4, -0.2) is 38.6 Å². The van der Waals surface area contributed by atoms with Crippen molar-refractivity contribution in [3.05, 3.63) is 58.3 Å². The number of carbonyl (C=O) groups is 1. The summed E-state index contributed by atoms with van der Waals surface area (Å²) in [6, 6.07) is 7.54. The fourth-order valence-electron chi connectivity index (χ4n) is 2.62. The highest BCUT2D eigenvalue weighted by molar-refractivity contribution is 7.93. The van der Waals surface area contributed by atoms with E-state index in [9.17, 15) is 17.6 Å². The summed E-state index contributed by atoms with van der Waals surface area (Å²) in [5, 5.41) is 11.9. The Bertz CT molecular complexity index is 955. The molecular formula is C19H21Cl2FN2O4S. The number of nitrogens with one attached hydrogen (secondary N) is 1. The van der Waals surface area contributed by atoms with Gasteiger partial charge in [0.15, 0.2) is 0 Å². The molecular weight excluding hydrogens is 442 g/mol. The Morgan fingerprint density at radius 1 is 1.14 bits per heavy atom. The molecule has 158 valence electrons. The third-order valence-corrected chi connectivity index (χ3v) is 6.52. The third-order valence-electron chi connectivity index (χ3n) is 4.13. The molecule has 2 N–H and O–H groups in total. The van der Waals surface area contributed by atoms with Crippen LogP contribution in [0.4, 0.5) is 10.1 Å². The molecule has 0 aliphatic rings. The van der Waals surface area contributed by atoms with Crippen molar-refractivity contribution in [3.8, 4) is 0 Å². The van der Waals surface area contributed by atoms with Crippen molar-refractivity contribution in [1.29, 1.82) is 0 Å². The van der Waals surface area contributed by atoms with Crippen LogP contribution < -0.4 is 9.62 Å². The monoisotopic (exact) mass is 462 g/mol. The van der Waals surface area contributed by atoms with E-state index in [1.54, 1.807) is 0 Å². The van der Waals surface area contributed by atoms with E-state index >= 15 is 0 Å². The average Bonchev–Trinajstić information content (AvgIpc) is 2.68. The van der Waals surface area contributed by atoms with Crippen LogP contribution in [0.3, 0.4) is 0 Å². The smallest absolute Gasteiger partial charge is 0.265 e. The molecule has 1 atom stereocenters. The summed E-state index contributed by atoms with van der Waals surface area (Å²) in [5.41, 5.74) is -0.342. The van der Waals surface area contributed by atoms with Gasteiger partial charge in [-0.15, -0.1) is 0 Å². The minimum Gasteiger partial charge on any atom is -0.396 e. The van der Waals surface area contributed by atoms with Gasteiger partial charge in [-0.3, -0.25) is 9.10 Å². The molecule has 2 aromatic carbocycles. The van der Waals surface area contributed by atoms with Gasteiger partial charge in [0.25, 0.3) is 10.0 Å². The number of benzene rings is 2. The number of carbonyl (C=O) groups excluding carboxylic acids is 1. The molecule has 29 heavy (non-hydrogen) atoms. The lowest BCUT2D eigenvalue weighted by Crippen LogP contribution is -2.48. The van der Waals surface area contributed by atoms with E-state index in [-0.39, 0.29) is 28.8 Å². The molecule has 0 bridgehead atoms. The summed E-state index contributed by atoms with van der Waals surface area (Å²) in [5.74, 6) is -1.45. The summed E-state index contributed by atoms with van der Waals surface area (Å²) < 4.78 is 41.8. The van der Waals surface area contributed by atoms with Crippen molar-refractivity contribution in [2.75, 3.05) is 17.5 Å². The SMILES string of the molecule is C[C@H](C(=O)NCCCCO)N(c1cc(Cl)ccc1F)S(=O)(=O)c1ccc(Cl)cc1. The number of halogens is 3. The normalized spacial score (nSPS) is 12.4. The third kappa shape index (κ3) is 5.82. The van der Waals surface area contributed by atoms with Crippen LogP contribution in [0.15, 0.2) is 47.4 Å². The number of amides is 1. The first-order chi connectivity index (χ1) is 13.7. The number of nitrogens with zero attached hydrogens (tertiary/aromatic N) is 1. The van der Waals surface area contributed by atoms with Crippen LogP contribution in [0.25, 0.3) is 0 Å². The second-order valence-corrected chi connectivity index (χ2v) is 8.94. The van der Waals surface area contributed by atoms with Crippen LogP contribution in [0.5, 0.6) is 0 Å². The van der Waals surface area contributed by atoms with Gasteiger partial charge in [0.05, 0.1) is 10.6 Å². The molecule has 0 unspecified atom stereocenters. The average molecular weight is 463 g/mol. The number of sulfonamides is 1. The summed E-state index contributed by atoms with van der Waals surface area (Å²) in [6.45, 7) is 1.59. The van der Waals surface area contributed by atoms with Crippen molar-refractivity contribution in [2.45, 2.75) is 30.7 Å². The molecule has 0 spiro atoms. The highest BCUT2D eigenvalue weighted by atomic mass is 35.5. The van der Waals surface area contributed by atoms with E-state index in [2.05, 4.69) is 5.32 Å². The van der Waals surface area contributed by atoms with Gasteiger partial charge in [-0.1, -0.05) is 23.2 Å². The number of unbranched alkanes of at least 4 members (excludes halogenated alkanes) is 1. The number of anilines is 1. The van der Waals surface area contributed by atoms with Crippen molar-refractivity contribution >= 4 is 44.8 Å². The fourth-order valence-corrected chi connectivity index (χ4v) is 4.53. The van der Waals surface area contributed by atoms with Gasteiger partial charge in [0.1, 0.15) is 11.9 Å². The molecule has 0 saturated carbocycles. The second kappa shape index (κ2) is 10.2. The van der Waals surface area contributed by atoms with Gasteiger partial charge in [-0.25, -0.2) is 12.8 Å². The van der Waals surface area contributed by atoms with E-state index in [0.29, 0.717) is 22.2 Å². The summed E-state index contributed by atoms with van der Waals surface area (Å²) in [7, 11) is -4.31. The summed E-state index contributed by atoms with van der Waals surface area (Å²) >= 11 is 11.8. The highest BCUT2D eigenvalue weighted by Crippen LogP contribution is 2.31. The lowest BCUT2D eigenvalue weighted by molar-refractivity contribution is -0.121. The Hall–Kier alpha value is -1.87. The molecule has 6 nitrogen and oxygen atoms in total. The first-order valence-corrected chi connectivity index (χ1v) is 11.0. The van der Waals surface area contributed by atoms with Gasteiger partial charge in [-0.05, 0) is 62.2 Å². The highest BCUT2D eigenvalue weighted by Gasteiger charge is 2.35. The number of aliphatic hydroxyl groups excluding tert-OH is 1. The van der Waals surface area contributed by atoms with Gasteiger partial charge in [0.2, 0.25) is 5.91 Å². The van der Waals surface area contributed by atoms with Crippen molar-refractivity contribution < 1.29 is 22.7 Å². The molecule has 2 rings (SSSR count). The summed E-state index contributed by atoms with van der Waals surface area (Å²) in [6.07, 6.45) is 1.01. The van der Waals surface area contributed by atoms with E-state index < -0.39 is 27.8 Å². The zero-order valence-corrected chi connectivity index (χ0v) is 17.9. The molecule has 0 aliphatic carbocycles. The maximum absolute atomic E-state index is 14.6. The van der Waals surface area contributed by atoms with Crippen LogP contribution >= 0.6 is 23.2 Å². The molecule has 0 fully saturated rings. The maximum atomic E-state index is 14.6. The molecule has 0 heterocycles. The van der Waals surface area contributed by atoms with Crippen LogP contribution in [0.1, 0.15) is 19.8 Å². The first kappa shape index (κ1) is 23.4. The molecule has 0 aromatic heterocycles. The lowest BCUT2D eigenvalue weighted by Gasteiger charge is -2.30. The van der Waals surface area contributed by atoms with Gasteiger partial charge < -0.3 is 10.4 Å². The Labute approximate surface area is 179 Å². The largest absolute Gasteiger partial charge is 0.396 e.